The minimum atomic E-state index is -0.577. The van der Waals surface area contributed by atoms with Gasteiger partial charge in [-0.1, -0.05) is 35.3 Å². The van der Waals surface area contributed by atoms with E-state index in [1.54, 1.807) is 24.3 Å². The minimum Gasteiger partial charge on any atom is -0.495 e. The third-order valence-electron chi connectivity index (χ3n) is 2.69. The van der Waals surface area contributed by atoms with Crippen LogP contribution < -0.4 is 4.74 Å². The van der Waals surface area contributed by atoms with Gasteiger partial charge in [-0.2, -0.15) is 0 Å². The number of halogens is 4. The Morgan fingerprint density at radius 1 is 1.11 bits per heavy atom. The van der Waals surface area contributed by atoms with Crippen LogP contribution in [0.15, 0.2) is 36.4 Å². The summed E-state index contributed by atoms with van der Waals surface area (Å²) < 4.78 is 18.3. The van der Waals surface area contributed by atoms with Crippen LogP contribution in [0, 0.1) is 5.82 Å². The number of hydrogen-bond acceptors (Lipinski definition) is 1. The Morgan fingerprint density at radius 3 is 2.47 bits per heavy atom. The molecule has 0 heterocycles. The second kappa shape index (κ2) is 6.00. The van der Waals surface area contributed by atoms with E-state index in [1.165, 1.54) is 19.2 Å². The number of ether oxygens (including phenoxy) is 1. The predicted octanol–water partition coefficient (Wildman–Crippen LogP) is 5.47. The quantitative estimate of drug-likeness (QED) is 0.682. The van der Waals surface area contributed by atoms with Gasteiger partial charge in [0.25, 0.3) is 0 Å². The largest absolute Gasteiger partial charge is 0.495 e. The molecule has 0 fully saturated rings. The van der Waals surface area contributed by atoms with E-state index in [0.717, 1.165) is 0 Å². The van der Waals surface area contributed by atoms with E-state index in [-0.39, 0.29) is 5.82 Å². The Hall–Kier alpha value is -0.960. The van der Waals surface area contributed by atoms with E-state index in [1.807, 2.05) is 0 Å². The maximum absolute atomic E-state index is 13.2. The number of hydrogen-bond donors (Lipinski definition) is 0. The van der Waals surface area contributed by atoms with Gasteiger partial charge in [0.2, 0.25) is 0 Å². The Kier molecular flexibility index (Phi) is 4.56. The molecule has 0 N–H and O–H groups in total. The summed E-state index contributed by atoms with van der Waals surface area (Å²) in [5.41, 5.74) is 1.23. The summed E-state index contributed by atoms with van der Waals surface area (Å²) in [6.45, 7) is 0. The lowest BCUT2D eigenvalue weighted by Gasteiger charge is -2.14. The van der Waals surface area contributed by atoms with Gasteiger partial charge < -0.3 is 4.74 Å². The van der Waals surface area contributed by atoms with Crippen molar-refractivity contribution in [2.45, 2.75) is 5.38 Å². The molecule has 0 spiro atoms. The molecular weight excluding hydrogens is 310 g/mol. The van der Waals surface area contributed by atoms with Crippen molar-refractivity contribution in [1.29, 1.82) is 0 Å². The van der Waals surface area contributed by atoms with Gasteiger partial charge in [0.1, 0.15) is 11.6 Å². The molecule has 2 rings (SSSR count). The van der Waals surface area contributed by atoms with Crippen LogP contribution in [-0.2, 0) is 0 Å². The smallest absolute Gasteiger partial charge is 0.138 e. The zero-order chi connectivity index (χ0) is 14.0. The fourth-order valence-corrected chi connectivity index (χ4v) is 2.62. The first kappa shape index (κ1) is 14.4. The third kappa shape index (κ3) is 3.14. The minimum absolute atomic E-state index is 0.348. The second-order valence-corrected chi connectivity index (χ2v) is 5.18. The molecule has 5 heteroatoms. The van der Waals surface area contributed by atoms with Crippen LogP contribution in [0.5, 0.6) is 5.75 Å². The molecule has 0 aromatic heterocycles. The van der Waals surface area contributed by atoms with Crippen LogP contribution in [0.1, 0.15) is 16.5 Å². The van der Waals surface area contributed by atoms with Crippen LogP contribution in [0.4, 0.5) is 4.39 Å². The molecule has 19 heavy (non-hydrogen) atoms. The monoisotopic (exact) mass is 318 g/mol. The zero-order valence-electron chi connectivity index (χ0n) is 9.96. The van der Waals surface area contributed by atoms with Crippen molar-refractivity contribution in [2.75, 3.05) is 7.11 Å². The summed E-state index contributed by atoms with van der Waals surface area (Å²) in [6, 6.07) is 9.27. The maximum Gasteiger partial charge on any atom is 0.138 e. The molecule has 1 unspecified atom stereocenters. The van der Waals surface area contributed by atoms with Gasteiger partial charge in [-0.25, -0.2) is 4.39 Å². The Labute approximate surface area is 125 Å². The van der Waals surface area contributed by atoms with Crippen LogP contribution >= 0.6 is 34.8 Å². The summed E-state index contributed by atoms with van der Waals surface area (Å²) >= 11 is 18.5. The zero-order valence-corrected chi connectivity index (χ0v) is 12.2. The van der Waals surface area contributed by atoms with Crippen molar-refractivity contribution in [3.05, 3.63) is 63.4 Å². The SMILES string of the molecule is COc1cc(Cl)c(C(Cl)c2cccc(F)c2)cc1Cl. The first-order valence-electron chi connectivity index (χ1n) is 5.45. The summed E-state index contributed by atoms with van der Waals surface area (Å²) in [4.78, 5) is 0. The lowest BCUT2D eigenvalue weighted by Crippen LogP contribution is -1.96. The molecule has 0 aliphatic heterocycles. The molecule has 0 bridgehead atoms. The van der Waals surface area contributed by atoms with E-state index in [0.29, 0.717) is 26.9 Å². The van der Waals surface area contributed by atoms with Crippen LogP contribution in [0.3, 0.4) is 0 Å². The van der Waals surface area contributed by atoms with Crippen molar-refractivity contribution < 1.29 is 9.13 Å². The van der Waals surface area contributed by atoms with Gasteiger partial charge in [0.15, 0.2) is 0 Å². The lowest BCUT2D eigenvalue weighted by molar-refractivity contribution is 0.415. The van der Waals surface area contributed by atoms with Crippen LogP contribution in [0.25, 0.3) is 0 Å². The molecule has 0 saturated carbocycles. The highest BCUT2D eigenvalue weighted by atomic mass is 35.5. The molecule has 2 aromatic carbocycles. The molecule has 0 amide bonds. The first-order chi connectivity index (χ1) is 9.02. The van der Waals surface area contributed by atoms with Crippen molar-refractivity contribution in [3.8, 4) is 5.75 Å². The second-order valence-electron chi connectivity index (χ2n) is 3.93. The predicted molar refractivity (Wildman–Crippen MR) is 77.1 cm³/mol. The summed E-state index contributed by atoms with van der Waals surface area (Å²) in [5.74, 6) is 0.123. The molecule has 0 radical (unpaired) electrons. The fraction of sp³-hybridized carbons (Fsp3) is 0.143. The van der Waals surface area contributed by atoms with Crippen molar-refractivity contribution in [1.82, 2.24) is 0 Å². The van der Waals surface area contributed by atoms with E-state index < -0.39 is 5.38 Å². The van der Waals surface area contributed by atoms with Crippen molar-refractivity contribution in [3.63, 3.8) is 0 Å². The van der Waals surface area contributed by atoms with Gasteiger partial charge in [-0.05, 0) is 29.3 Å². The first-order valence-corrected chi connectivity index (χ1v) is 6.64. The summed E-state index contributed by atoms with van der Waals surface area (Å²) in [7, 11) is 1.50. The highest BCUT2D eigenvalue weighted by Gasteiger charge is 2.17. The average molecular weight is 320 g/mol. The molecular formula is C14H10Cl3FO. The Balaban J connectivity index is 2.44. The summed E-state index contributed by atoms with van der Waals surface area (Å²) in [5, 5.41) is 0.251. The number of benzene rings is 2. The molecule has 0 saturated heterocycles. The molecule has 2 aromatic rings. The van der Waals surface area contributed by atoms with Crippen molar-refractivity contribution >= 4 is 34.8 Å². The van der Waals surface area contributed by atoms with E-state index >= 15 is 0 Å². The molecule has 0 aliphatic rings. The number of methoxy groups -OCH3 is 1. The van der Waals surface area contributed by atoms with Crippen LogP contribution in [0.2, 0.25) is 10.0 Å². The molecule has 100 valence electrons. The van der Waals surface area contributed by atoms with Gasteiger partial charge in [0.05, 0.1) is 17.5 Å². The molecule has 1 nitrogen and oxygen atoms in total. The fourth-order valence-electron chi connectivity index (χ4n) is 1.74. The third-order valence-corrected chi connectivity index (χ3v) is 3.80. The topological polar surface area (TPSA) is 9.23 Å². The number of alkyl halides is 1. The van der Waals surface area contributed by atoms with E-state index in [2.05, 4.69) is 0 Å². The van der Waals surface area contributed by atoms with Gasteiger partial charge in [-0.15, -0.1) is 11.6 Å². The maximum atomic E-state index is 13.2. The van der Waals surface area contributed by atoms with Gasteiger partial charge in [0, 0.05) is 11.1 Å². The Morgan fingerprint density at radius 2 is 1.84 bits per heavy atom. The van der Waals surface area contributed by atoms with E-state index in [9.17, 15) is 4.39 Å². The van der Waals surface area contributed by atoms with Crippen molar-refractivity contribution in [2.24, 2.45) is 0 Å². The van der Waals surface area contributed by atoms with Gasteiger partial charge in [-0.3, -0.25) is 0 Å². The highest BCUT2D eigenvalue weighted by Crippen LogP contribution is 2.39. The Bertz CT molecular complexity index is 601. The van der Waals surface area contributed by atoms with E-state index in [4.69, 9.17) is 39.5 Å². The molecule has 1 atom stereocenters. The highest BCUT2D eigenvalue weighted by molar-refractivity contribution is 6.36. The average Bonchev–Trinajstić information content (AvgIpc) is 2.40. The summed E-state index contributed by atoms with van der Waals surface area (Å²) in [6.07, 6.45) is 0. The lowest BCUT2D eigenvalue weighted by atomic mass is 10.0. The molecule has 0 aliphatic carbocycles. The normalized spacial score (nSPS) is 12.3. The standard InChI is InChI=1S/C14H10Cl3FO/c1-19-13-7-11(15)10(6-12(13)16)14(17)8-3-2-4-9(18)5-8/h2-7,14H,1H3. The van der Waals surface area contributed by atoms with Crippen LogP contribution in [-0.4, -0.2) is 7.11 Å². The van der Waals surface area contributed by atoms with Gasteiger partial charge >= 0.3 is 0 Å². The number of rotatable bonds is 3.